The highest BCUT2D eigenvalue weighted by Gasteiger charge is 2.23. The van der Waals surface area contributed by atoms with Crippen molar-refractivity contribution in [2.75, 3.05) is 5.32 Å². The second-order valence-corrected chi connectivity index (χ2v) is 7.61. The first-order valence-electron chi connectivity index (χ1n) is 10.3. The van der Waals surface area contributed by atoms with Gasteiger partial charge in [-0.15, -0.1) is 0 Å². The molecule has 1 amide bonds. The first kappa shape index (κ1) is 21.9. The molecule has 8 nitrogen and oxygen atoms in total. The first-order valence-corrected chi connectivity index (χ1v) is 10.3. The van der Waals surface area contributed by atoms with E-state index in [-0.39, 0.29) is 17.1 Å². The van der Waals surface area contributed by atoms with Crippen LogP contribution in [0.3, 0.4) is 0 Å². The summed E-state index contributed by atoms with van der Waals surface area (Å²) in [7, 11) is 1.72. The van der Waals surface area contributed by atoms with Crippen molar-refractivity contribution in [2.45, 2.75) is 19.9 Å². The van der Waals surface area contributed by atoms with Crippen LogP contribution >= 0.6 is 0 Å². The number of anilines is 1. The van der Waals surface area contributed by atoms with Crippen molar-refractivity contribution in [1.82, 2.24) is 19.1 Å². The van der Waals surface area contributed by atoms with Gasteiger partial charge in [-0.05, 0) is 56.3 Å². The van der Waals surface area contributed by atoms with Gasteiger partial charge < -0.3 is 5.32 Å². The van der Waals surface area contributed by atoms with E-state index in [0.29, 0.717) is 22.6 Å². The van der Waals surface area contributed by atoms with Crippen molar-refractivity contribution in [2.24, 2.45) is 7.05 Å². The average Bonchev–Trinajstić information content (AvgIpc) is 3.03. The van der Waals surface area contributed by atoms with Gasteiger partial charge in [0.2, 0.25) is 5.91 Å². The molecule has 33 heavy (non-hydrogen) atoms. The largest absolute Gasteiger partial charge is 0.318 e. The normalized spacial score (nSPS) is 11.9. The van der Waals surface area contributed by atoms with E-state index in [1.807, 2.05) is 18.2 Å². The quantitative estimate of drug-likeness (QED) is 0.509. The third-order valence-electron chi connectivity index (χ3n) is 5.51. The molecule has 0 aliphatic heterocycles. The molecule has 2 heterocycles. The zero-order valence-electron chi connectivity index (χ0n) is 18.3. The molecule has 0 saturated carbocycles. The van der Waals surface area contributed by atoms with Gasteiger partial charge >= 0.3 is 0 Å². The van der Waals surface area contributed by atoms with Crippen LogP contribution in [0.15, 0.2) is 76.3 Å². The Labute approximate surface area is 188 Å². The molecule has 0 radical (unpaired) electrons. The van der Waals surface area contributed by atoms with Crippen LogP contribution in [0.25, 0.3) is 16.9 Å². The molecule has 1 N–H and O–H groups in total. The Morgan fingerprint density at radius 3 is 2.33 bits per heavy atom. The molecule has 9 heteroatoms. The summed E-state index contributed by atoms with van der Waals surface area (Å²) < 4.78 is 17.4. The molecule has 2 aromatic heterocycles. The number of para-hydroxylation sites is 1. The van der Waals surface area contributed by atoms with Crippen molar-refractivity contribution >= 4 is 11.6 Å². The number of nitrogens with one attached hydrogen (secondary N) is 1. The molecule has 0 aliphatic carbocycles. The van der Waals surface area contributed by atoms with Crippen molar-refractivity contribution in [3.8, 4) is 16.9 Å². The molecule has 1 unspecified atom stereocenters. The third-order valence-corrected chi connectivity index (χ3v) is 5.51. The minimum atomic E-state index is -0.998. The summed E-state index contributed by atoms with van der Waals surface area (Å²) in [5.41, 5.74) is 1.49. The van der Waals surface area contributed by atoms with Gasteiger partial charge in [-0.25, -0.2) is 13.8 Å². The van der Waals surface area contributed by atoms with E-state index in [1.165, 1.54) is 48.0 Å². The predicted octanol–water partition coefficient (Wildman–Crippen LogP) is 3.05. The van der Waals surface area contributed by atoms with Crippen LogP contribution in [0.5, 0.6) is 0 Å². The van der Waals surface area contributed by atoms with Gasteiger partial charge in [-0.2, -0.15) is 5.10 Å². The van der Waals surface area contributed by atoms with E-state index in [9.17, 15) is 18.8 Å². The number of benzene rings is 2. The highest BCUT2D eigenvalue weighted by molar-refractivity contribution is 5.93. The Morgan fingerprint density at radius 1 is 1.00 bits per heavy atom. The van der Waals surface area contributed by atoms with Gasteiger partial charge in [0.1, 0.15) is 17.5 Å². The number of carbonyl (C=O) groups is 1. The predicted molar refractivity (Wildman–Crippen MR) is 123 cm³/mol. The van der Waals surface area contributed by atoms with Gasteiger partial charge in [0, 0.05) is 18.7 Å². The highest BCUT2D eigenvalue weighted by atomic mass is 19.1. The summed E-state index contributed by atoms with van der Waals surface area (Å²) in [5.74, 6) is -0.953. The van der Waals surface area contributed by atoms with Crippen LogP contribution in [-0.4, -0.2) is 25.1 Å². The molecule has 0 aliphatic rings. The molecule has 0 fully saturated rings. The molecule has 0 spiro atoms. The summed E-state index contributed by atoms with van der Waals surface area (Å²) in [6.45, 7) is 3.24. The van der Waals surface area contributed by atoms with E-state index in [0.717, 1.165) is 4.68 Å². The first-order chi connectivity index (χ1) is 15.8. The second-order valence-electron chi connectivity index (χ2n) is 7.61. The van der Waals surface area contributed by atoms with Gasteiger partial charge in [-0.1, -0.05) is 18.2 Å². The Morgan fingerprint density at radius 2 is 1.67 bits per heavy atom. The zero-order valence-corrected chi connectivity index (χ0v) is 18.3. The maximum absolute atomic E-state index is 13.2. The van der Waals surface area contributed by atoms with Gasteiger partial charge in [0.25, 0.3) is 11.1 Å². The standard InChI is InChI=1S/C24H22FN5O3/c1-15-22(24(33)30(28(15)3)19-7-5-4-6-8-19)26-23(32)16(2)29-21(31)14-13-20(27-29)17-9-11-18(25)12-10-17/h4-14,16H,1-3H3,(H,26,32). The van der Waals surface area contributed by atoms with Crippen molar-refractivity contribution in [3.63, 3.8) is 0 Å². The zero-order chi connectivity index (χ0) is 23.7. The van der Waals surface area contributed by atoms with Crippen molar-refractivity contribution in [1.29, 1.82) is 0 Å². The van der Waals surface area contributed by atoms with Gasteiger partial charge in [0.05, 0.1) is 17.1 Å². The number of amides is 1. The Bertz CT molecular complexity index is 1440. The van der Waals surface area contributed by atoms with Gasteiger partial charge in [-0.3, -0.25) is 19.1 Å². The van der Waals surface area contributed by atoms with Crippen LogP contribution < -0.4 is 16.4 Å². The van der Waals surface area contributed by atoms with Crippen LogP contribution in [0, 0.1) is 12.7 Å². The fraction of sp³-hybridized carbons (Fsp3) is 0.167. The lowest BCUT2D eigenvalue weighted by Gasteiger charge is -2.14. The maximum atomic E-state index is 13.2. The lowest BCUT2D eigenvalue weighted by molar-refractivity contribution is -0.119. The Hall–Kier alpha value is -4.27. The highest BCUT2D eigenvalue weighted by Crippen LogP contribution is 2.18. The summed E-state index contributed by atoms with van der Waals surface area (Å²) in [5, 5.41) is 6.94. The molecule has 0 bridgehead atoms. The van der Waals surface area contributed by atoms with Crippen LogP contribution in [0.2, 0.25) is 0 Å². The molecule has 2 aromatic carbocycles. The van der Waals surface area contributed by atoms with Gasteiger partial charge in [0.15, 0.2) is 0 Å². The fourth-order valence-electron chi connectivity index (χ4n) is 3.53. The smallest absolute Gasteiger partial charge is 0.295 e. The lowest BCUT2D eigenvalue weighted by Crippen LogP contribution is -2.34. The van der Waals surface area contributed by atoms with Crippen molar-refractivity contribution < 1.29 is 9.18 Å². The number of hydrogen-bond donors (Lipinski definition) is 1. The maximum Gasteiger partial charge on any atom is 0.295 e. The SMILES string of the molecule is Cc1c(NC(=O)C(C)n2nc(-c3ccc(F)cc3)ccc2=O)c(=O)n(-c2ccccc2)n1C. The number of rotatable bonds is 5. The topological polar surface area (TPSA) is 90.9 Å². The minimum Gasteiger partial charge on any atom is -0.318 e. The molecule has 4 rings (SSSR count). The molecular weight excluding hydrogens is 425 g/mol. The summed E-state index contributed by atoms with van der Waals surface area (Å²) in [4.78, 5) is 38.5. The Kier molecular flexibility index (Phi) is 5.78. The average molecular weight is 447 g/mol. The Balaban J connectivity index is 1.65. The molecule has 168 valence electrons. The minimum absolute atomic E-state index is 0.126. The van der Waals surface area contributed by atoms with E-state index in [2.05, 4.69) is 10.4 Å². The van der Waals surface area contributed by atoms with Crippen LogP contribution in [-0.2, 0) is 11.8 Å². The van der Waals surface area contributed by atoms with Crippen LogP contribution in [0.4, 0.5) is 10.1 Å². The van der Waals surface area contributed by atoms with Crippen molar-refractivity contribution in [3.05, 3.63) is 98.9 Å². The number of aromatic nitrogens is 4. The molecule has 4 aromatic rings. The molecule has 0 saturated heterocycles. The summed E-state index contributed by atoms with van der Waals surface area (Å²) in [6, 6.07) is 16.5. The molecule has 1 atom stereocenters. The van der Waals surface area contributed by atoms with E-state index < -0.39 is 17.5 Å². The van der Waals surface area contributed by atoms with E-state index in [1.54, 1.807) is 30.8 Å². The summed E-state index contributed by atoms with van der Waals surface area (Å²) in [6.07, 6.45) is 0. The lowest BCUT2D eigenvalue weighted by atomic mass is 10.1. The molecular formula is C24H22FN5O3. The second kappa shape index (κ2) is 8.70. The van der Waals surface area contributed by atoms with E-state index >= 15 is 0 Å². The monoisotopic (exact) mass is 447 g/mol. The number of halogens is 1. The number of hydrogen-bond acceptors (Lipinski definition) is 4. The summed E-state index contributed by atoms with van der Waals surface area (Å²) >= 11 is 0. The third kappa shape index (κ3) is 4.12. The van der Waals surface area contributed by atoms with E-state index in [4.69, 9.17) is 0 Å². The fourth-order valence-corrected chi connectivity index (χ4v) is 3.53. The number of carbonyl (C=O) groups excluding carboxylic acids is 1. The van der Waals surface area contributed by atoms with Crippen LogP contribution in [0.1, 0.15) is 18.7 Å². The number of nitrogens with zero attached hydrogens (tertiary/aromatic N) is 4.